The van der Waals surface area contributed by atoms with E-state index in [1.807, 2.05) is 17.9 Å². The van der Waals surface area contributed by atoms with Crippen LogP contribution >= 0.6 is 0 Å². The molecule has 0 fully saturated rings. The highest BCUT2D eigenvalue weighted by Gasteiger charge is 2.14. The standard InChI is InChI=1S/C8H14N4/c1-12-5-8-7(11-12)3-2-6(9)4-10-8/h5-6,10H,2-4,9H2,1H3. The molecule has 1 aliphatic heterocycles. The van der Waals surface area contributed by atoms with Gasteiger partial charge in [-0.3, -0.25) is 4.68 Å². The molecule has 1 atom stereocenters. The maximum atomic E-state index is 5.81. The fourth-order valence-corrected chi connectivity index (χ4v) is 1.53. The Balaban J connectivity index is 2.24. The Morgan fingerprint density at radius 1 is 1.75 bits per heavy atom. The minimum Gasteiger partial charge on any atom is -0.381 e. The van der Waals surface area contributed by atoms with Crippen LogP contribution in [-0.4, -0.2) is 22.4 Å². The highest BCUT2D eigenvalue weighted by atomic mass is 15.3. The summed E-state index contributed by atoms with van der Waals surface area (Å²) in [5, 5.41) is 7.63. The lowest BCUT2D eigenvalue weighted by Crippen LogP contribution is -2.27. The van der Waals surface area contributed by atoms with Crippen molar-refractivity contribution in [2.45, 2.75) is 18.9 Å². The van der Waals surface area contributed by atoms with Crippen molar-refractivity contribution < 1.29 is 0 Å². The second-order valence-electron chi connectivity index (χ2n) is 3.34. The van der Waals surface area contributed by atoms with Gasteiger partial charge in [0.05, 0.1) is 11.4 Å². The summed E-state index contributed by atoms with van der Waals surface area (Å²) >= 11 is 0. The van der Waals surface area contributed by atoms with Crippen LogP contribution in [0.4, 0.5) is 5.69 Å². The number of nitrogens with one attached hydrogen (secondary N) is 1. The van der Waals surface area contributed by atoms with Gasteiger partial charge in [0.15, 0.2) is 0 Å². The molecule has 0 bridgehead atoms. The Labute approximate surface area is 71.7 Å². The van der Waals surface area contributed by atoms with Crippen LogP contribution in [0.1, 0.15) is 12.1 Å². The molecule has 0 aromatic carbocycles. The van der Waals surface area contributed by atoms with Crippen molar-refractivity contribution in [3.63, 3.8) is 0 Å². The molecule has 1 aliphatic rings. The molecular weight excluding hydrogens is 152 g/mol. The maximum absolute atomic E-state index is 5.81. The van der Waals surface area contributed by atoms with Crippen LogP contribution in [-0.2, 0) is 13.5 Å². The lowest BCUT2D eigenvalue weighted by molar-refractivity contribution is 0.634. The molecule has 2 rings (SSSR count). The van der Waals surface area contributed by atoms with Crippen LogP contribution in [0.25, 0.3) is 0 Å². The first-order valence-electron chi connectivity index (χ1n) is 4.27. The fourth-order valence-electron chi connectivity index (χ4n) is 1.53. The molecule has 0 spiro atoms. The predicted octanol–water partition coefficient (Wildman–Crippen LogP) is 0.106. The van der Waals surface area contributed by atoms with Crippen molar-refractivity contribution in [3.8, 4) is 0 Å². The van der Waals surface area contributed by atoms with Crippen LogP contribution in [0.5, 0.6) is 0 Å². The number of hydrogen-bond acceptors (Lipinski definition) is 3. The van der Waals surface area contributed by atoms with Gasteiger partial charge in [-0.1, -0.05) is 0 Å². The highest BCUT2D eigenvalue weighted by Crippen LogP contribution is 2.18. The van der Waals surface area contributed by atoms with Gasteiger partial charge in [0.2, 0.25) is 0 Å². The minimum atomic E-state index is 0.268. The Morgan fingerprint density at radius 2 is 2.58 bits per heavy atom. The van der Waals surface area contributed by atoms with Gasteiger partial charge in [-0.25, -0.2) is 0 Å². The largest absolute Gasteiger partial charge is 0.381 e. The van der Waals surface area contributed by atoms with E-state index in [1.54, 1.807) is 0 Å². The summed E-state index contributed by atoms with van der Waals surface area (Å²) in [6.07, 6.45) is 4.02. The van der Waals surface area contributed by atoms with Crippen LogP contribution < -0.4 is 11.1 Å². The first kappa shape index (κ1) is 7.61. The molecule has 1 unspecified atom stereocenters. The lowest BCUT2D eigenvalue weighted by atomic mass is 10.1. The zero-order valence-corrected chi connectivity index (χ0v) is 7.25. The third kappa shape index (κ3) is 1.30. The van der Waals surface area contributed by atoms with E-state index in [0.29, 0.717) is 0 Å². The van der Waals surface area contributed by atoms with Crippen molar-refractivity contribution in [3.05, 3.63) is 11.9 Å². The van der Waals surface area contributed by atoms with E-state index in [0.717, 1.165) is 30.8 Å². The van der Waals surface area contributed by atoms with Crippen LogP contribution in [0.2, 0.25) is 0 Å². The van der Waals surface area contributed by atoms with E-state index in [1.165, 1.54) is 0 Å². The number of aromatic nitrogens is 2. The smallest absolute Gasteiger partial charge is 0.0856 e. The summed E-state index contributed by atoms with van der Waals surface area (Å²) in [6, 6.07) is 0.268. The molecule has 12 heavy (non-hydrogen) atoms. The van der Waals surface area contributed by atoms with Crippen molar-refractivity contribution in [2.24, 2.45) is 12.8 Å². The van der Waals surface area contributed by atoms with Gasteiger partial charge in [-0.05, 0) is 12.8 Å². The van der Waals surface area contributed by atoms with Gasteiger partial charge in [0.25, 0.3) is 0 Å². The number of rotatable bonds is 0. The van der Waals surface area contributed by atoms with Gasteiger partial charge in [-0.15, -0.1) is 0 Å². The quantitative estimate of drug-likeness (QED) is 0.575. The molecule has 4 heteroatoms. The third-order valence-corrected chi connectivity index (χ3v) is 2.21. The van der Waals surface area contributed by atoms with E-state index in [2.05, 4.69) is 10.4 Å². The lowest BCUT2D eigenvalue weighted by Gasteiger charge is -2.06. The molecule has 0 saturated carbocycles. The van der Waals surface area contributed by atoms with Gasteiger partial charge in [-0.2, -0.15) is 5.10 Å². The normalized spacial score (nSPS) is 22.7. The van der Waals surface area contributed by atoms with E-state index in [4.69, 9.17) is 5.73 Å². The average Bonchev–Trinajstić information content (AvgIpc) is 2.31. The second kappa shape index (κ2) is 2.79. The molecule has 0 radical (unpaired) electrons. The number of hydrogen-bond donors (Lipinski definition) is 2. The van der Waals surface area contributed by atoms with Crippen molar-refractivity contribution >= 4 is 5.69 Å². The molecule has 0 aliphatic carbocycles. The zero-order chi connectivity index (χ0) is 8.55. The first-order valence-corrected chi connectivity index (χ1v) is 4.27. The van der Waals surface area contributed by atoms with Crippen LogP contribution in [0.15, 0.2) is 6.20 Å². The topological polar surface area (TPSA) is 55.9 Å². The maximum Gasteiger partial charge on any atom is 0.0856 e. The summed E-state index contributed by atoms with van der Waals surface area (Å²) in [4.78, 5) is 0. The second-order valence-corrected chi connectivity index (χ2v) is 3.34. The van der Waals surface area contributed by atoms with Crippen LogP contribution in [0.3, 0.4) is 0 Å². The number of nitrogens with two attached hydrogens (primary N) is 1. The summed E-state index contributed by atoms with van der Waals surface area (Å²) in [5.74, 6) is 0. The van der Waals surface area contributed by atoms with E-state index >= 15 is 0 Å². The first-order chi connectivity index (χ1) is 5.75. The van der Waals surface area contributed by atoms with Crippen LogP contribution in [0, 0.1) is 0 Å². The molecule has 66 valence electrons. The highest BCUT2D eigenvalue weighted by molar-refractivity contribution is 5.47. The van der Waals surface area contributed by atoms with Crippen molar-refractivity contribution in [1.82, 2.24) is 9.78 Å². The summed E-state index contributed by atoms with van der Waals surface area (Å²) in [5.41, 5.74) is 8.10. The molecule has 0 amide bonds. The van der Waals surface area contributed by atoms with Gasteiger partial charge in [0.1, 0.15) is 0 Å². The zero-order valence-electron chi connectivity index (χ0n) is 7.25. The monoisotopic (exact) mass is 166 g/mol. The number of aryl methyl sites for hydroxylation is 2. The summed E-state index contributed by atoms with van der Waals surface area (Å²) in [7, 11) is 1.94. The molecule has 3 N–H and O–H groups in total. The Hall–Kier alpha value is -1.03. The van der Waals surface area contributed by atoms with Gasteiger partial charge < -0.3 is 11.1 Å². The SMILES string of the molecule is Cn1cc2c(n1)CCC(N)CN2. The molecule has 1 aromatic rings. The molecule has 2 heterocycles. The summed E-state index contributed by atoms with van der Waals surface area (Å²) in [6.45, 7) is 0.860. The van der Waals surface area contributed by atoms with Crippen molar-refractivity contribution in [1.29, 1.82) is 0 Å². The Morgan fingerprint density at radius 3 is 3.42 bits per heavy atom. The van der Waals surface area contributed by atoms with Gasteiger partial charge in [0, 0.05) is 25.8 Å². The number of nitrogens with zero attached hydrogens (tertiary/aromatic N) is 2. The Bertz CT molecular complexity index is 253. The summed E-state index contributed by atoms with van der Waals surface area (Å²) < 4.78 is 1.84. The van der Waals surface area contributed by atoms with E-state index in [-0.39, 0.29) is 6.04 Å². The molecule has 4 nitrogen and oxygen atoms in total. The minimum absolute atomic E-state index is 0.268. The van der Waals surface area contributed by atoms with E-state index < -0.39 is 0 Å². The third-order valence-electron chi connectivity index (χ3n) is 2.21. The predicted molar refractivity (Wildman–Crippen MR) is 48.0 cm³/mol. The Kier molecular flexibility index (Phi) is 1.77. The van der Waals surface area contributed by atoms with Gasteiger partial charge >= 0.3 is 0 Å². The fraction of sp³-hybridized carbons (Fsp3) is 0.625. The molecular formula is C8H14N4. The molecule has 0 saturated heterocycles. The van der Waals surface area contributed by atoms with E-state index in [9.17, 15) is 0 Å². The van der Waals surface area contributed by atoms with Crippen molar-refractivity contribution in [2.75, 3.05) is 11.9 Å². The average molecular weight is 166 g/mol. The number of anilines is 1. The molecule has 1 aromatic heterocycles. The number of fused-ring (bicyclic) bond motifs is 1.